The highest BCUT2D eigenvalue weighted by Gasteiger charge is 2.26. The van der Waals surface area contributed by atoms with Gasteiger partial charge >= 0.3 is 5.97 Å². The van der Waals surface area contributed by atoms with E-state index in [4.69, 9.17) is 5.11 Å². The maximum absolute atomic E-state index is 12.0. The van der Waals surface area contributed by atoms with E-state index in [1.807, 2.05) is 0 Å². The third kappa shape index (κ3) is 3.25. The summed E-state index contributed by atoms with van der Waals surface area (Å²) in [5, 5.41) is 11.2. The van der Waals surface area contributed by atoms with Gasteiger partial charge in [0.1, 0.15) is 6.54 Å². The Kier molecular flexibility index (Phi) is 4.06. The molecule has 0 unspecified atom stereocenters. The number of anilines is 2. The summed E-state index contributed by atoms with van der Waals surface area (Å²) in [5.74, 6) is -1.58. The zero-order chi connectivity index (χ0) is 13.8. The van der Waals surface area contributed by atoms with Crippen LogP contribution >= 0.6 is 11.8 Å². The van der Waals surface area contributed by atoms with Crippen molar-refractivity contribution in [3.63, 3.8) is 0 Å². The molecule has 1 aliphatic rings. The van der Waals surface area contributed by atoms with Gasteiger partial charge in [-0.1, -0.05) is 12.1 Å². The molecular formula is C12H12N2O4S. The van der Waals surface area contributed by atoms with Crippen molar-refractivity contribution >= 4 is 40.9 Å². The van der Waals surface area contributed by atoms with E-state index in [0.29, 0.717) is 11.4 Å². The summed E-state index contributed by atoms with van der Waals surface area (Å²) in [7, 11) is 0. The number of benzene rings is 1. The van der Waals surface area contributed by atoms with Gasteiger partial charge in [-0.25, -0.2) is 0 Å². The van der Waals surface area contributed by atoms with Crippen LogP contribution in [0.2, 0.25) is 0 Å². The topological polar surface area (TPSA) is 86.7 Å². The van der Waals surface area contributed by atoms with Crippen LogP contribution < -0.4 is 10.2 Å². The average Bonchev–Trinajstić information content (AvgIpc) is 2.37. The summed E-state index contributed by atoms with van der Waals surface area (Å²) in [4.78, 5) is 35.3. The molecule has 1 aromatic rings. The number of nitrogens with one attached hydrogen (secondary N) is 1. The number of nitrogens with zero attached hydrogens (tertiary/aromatic N) is 1. The number of fused-ring (bicyclic) bond motifs is 1. The molecule has 1 aromatic carbocycles. The number of amides is 2. The smallest absolute Gasteiger partial charge is 0.313 e. The molecule has 7 heteroatoms. The molecule has 0 radical (unpaired) electrons. The fraction of sp³-hybridized carbons (Fsp3) is 0.250. The van der Waals surface area contributed by atoms with E-state index in [9.17, 15) is 14.4 Å². The van der Waals surface area contributed by atoms with E-state index in [-0.39, 0.29) is 29.9 Å². The number of hydrogen-bond acceptors (Lipinski definition) is 4. The molecule has 0 aliphatic carbocycles. The molecule has 0 fully saturated rings. The van der Waals surface area contributed by atoms with Crippen molar-refractivity contribution in [3.05, 3.63) is 24.3 Å². The van der Waals surface area contributed by atoms with Crippen molar-refractivity contribution in [2.75, 3.05) is 28.3 Å². The summed E-state index contributed by atoms with van der Waals surface area (Å²) in [6.07, 6.45) is 0. The summed E-state index contributed by atoms with van der Waals surface area (Å²) >= 11 is 1.02. The van der Waals surface area contributed by atoms with E-state index in [1.165, 1.54) is 4.90 Å². The number of aliphatic carboxylic acids is 1. The minimum absolute atomic E-state index is 0.0356. The molecule has 0 bridgehead atoms. The van der Waals surface area contributed by atoms with Gasteiger partial charge in [0.15, 0.2) is 0 Å². The van der Waals surface area contributed by atoms with E-state index in [1.54, 1.807) is 24.3 Å². The first-order chi connectivity index (χ1) is 9.08. The van der Waals surface area contributed by atoms with Gasteiger partial charge in [-0.3, -0.25) is 14.4 Å². The number of hydrogen-bond donors (Lipinski definition) is 2. The van der Waals surface area contributed by atoms with Gasteiger partial charge < -0.3 is 15.3 Å². The lowest BCUT2D eigenvalue weighted by molar-refractivity contribution is -0.133. The van der Waals surface area contributed by atoms with Crippen LogP contribution in [0.25, 0.3) is 0 Å². The number of para-hydroxylation sites is 2. The van der Waals surface area contributed by atoms with E-state index in [0.717, 1.165) is 11.8 Å². The number of carbonyl (C=O) groups excluding carboxylic acids is 2. The Balaban J connectivity index is 2.09. The van der Waals surface area contributed by atoms with Crippen molar-refractivity contribution in [2.45, 2.75) is 0 Å². The zero-order valence-corrected chi connectivity index (χ0v) is 10.8. The molecule has 0 atom stereocenters. The van der Waals surface area contributed by atoms with Crippen molar-refractivity contribution in [1.82, 2.24) is 0 Å². The number of carboxylic acid groups (broad SMARTS) is 1. The van der Waals surface area contributed by atoms with Crippen LogP contribution in [0.4, 0.5) is 11.4 Å². The van der Waals surface area contributed by atoms with E-state index < -0.39 is 5.97 Å². The molecule has 0 saturated carbocycles. The predicted octanol–water partition coefficient (Wildman–Crippen LogP) is 0.789. The van der Waals surface area contributed by atoms with Crippen LogP contribution in [-0.4, -0.2) is 40.9 Å². The Morgan fingerprint density at radius 1 is 1.32 bits per heavy atom. The summed E-state index contributed by atoms with van der Waals surface area (Å²) in [6.45, 7) is -0.0382. The second-order valence-corrected chi connectivity index (χ2v) is 4.92. The fourth-order valence-corrected chi connectivity index (χ4v) is 2.37. The Labute approximate surface area is 113 Å². The lowest BCUT2D eigenvalue weighted by Gasteiger charge is -2.29. The van der Waals surface area contributed by atoms with Crippen LogP contribution in [0.1, 0.15) is 0 Å². The highest BCUT2D eigenvalue weighted by Crippen LogP contribution is 2.29. The highest BCUT2D eigenvalue weighted by molar-refractivity contribution is 8.00. The summed E-state index contributed by atoms with van der Waals surface area (Å²) in [5.41, 5.74) is 1.23. The van der Waals surface area contributed by atoms with Crippen molar-refractivity contribution < 1.29 is 19.5 Å². The Hall–Kier alpha value is -2.02. The molecule has 1 heterocycles. The first kappa shape index (κ1) is 13.4. The third-order valence-electron chi connectivity index (χ3n) is 2.52. The van der Waals surface area contributed by atoms with Gasteiger partial charge in [0, 0.05) is 0 Å². The lowest BCUT2D eigenvalue weighted by Crippen LogP contribution is -2.43. The van der Waals surface area contributed by atoms with E-state index in [2.05, 4.69) is 5.32 Å². The first-order valence-corrected chi connectivity index (χ1v) is 6.72. The first-order valence-electron chi connectivity index (χ1n) is 5.56. The highest BCUT2D eigenvalue weighted by atomic mass is 32.2. The second kappa shape index (κ2) is 5.75. The van der Waals surface area contributed by atoms with Crippen LogP contribution in [0.3, 0.4) is 0 Å². The maximum Gasteiger partial charge on any atom is 0.313 e. The molecule has 0 spiro atoms. The standard InChI is InChI=1S/C12H12N2O4S/c15-10-5-14(11(16)6-19-7-12(17)18)9-4-2-1-3-8(9)13-10/h1-4H,5-7H2,(H,13,15)(H,17,18). The molecule has 0 saturated heterocycles. The van der Waals surface area contributed by atoms with Crippen LogP contribution in [0.15, 0.2) is 24.3 Å². The second-order valence-electron chi connectivity index (χ2n) is 3.93. The van der Waals surface area contributed by atoms with Crippen molar-refractivity contribution in [2.24, 2.45) is 0 Å². The van der Waals surface area contributed by atoms with Crippen LogP contribution in [-0.2, 0) is 14.4 Å². The van der Waals surface area contributed by atoms with Gasteiger partial charge in [0.2, 0.25) is 11.8 Å². The van der Waals surface area contributed by atoms with Gasteiger partial charge in [0.05, 0.1) is 22.9 Å². The number of carbonyl (C=O) groups is 3. The molecule has 1 aliphatic heterocycles. The SMILES string of the molecule is O=C(O)CSCC(=O)N1CC(=O)Nc2ccccc21. The summed E-state index contributed by atoms with van der Waals surface area (Å²) < 4.78 is 0. The molecular weight excluding hydrogens is 268 g/mol. The van der Waals surface area contributed by atoms with Gasteiger partial charge in [-0.2, -0.15) is 0 Å². The fourth-order valence-electron chi connectivity index (χ4n) is 1.76. The molecule has 0 aromatic heterocycles. The largest absolute Gasteiger partial charge is 0.481 e. The van der Waals surface area contributed by atoms with Crippen molar-refractivity contribution in [3.8, 4) is 0 Å². The molecule has 2 amide bonds. The lowest BCUT2D eigenvalue weighted by atomic mass is 10.2. The number of carboxylic acids is 1. The normalized spacial score (nSPS) is 13.7. The van der Waals surface area contributed by atoms with Crippen molar-refractivity contribution in [1.29, 1.82) is 0 Å². The van der Waals surface area contributed by atoms with Crippen LogP contribution in [0.5, 0.6) is 0 Å². The molecule has 2 rings (SSSR count). The van der Waals surface area contributed by atoms with Gasteiger partial charge in [-0.15, -0.1) is 11.8 Å². The average molecular weight is 280 g/mol. The minimum Gasteiger partial charge on any atom is -0.481 e. The monoisotopic (exact) mass is 280 g/mol. The molecule has 2 N–H and O–H groups in total. The third-order valence-corrected chi connectivity index (χ3v) is 3.42. The molecule has 100 valence electrons. The van der Waals surface area contributed by atoms with Gasteiger partial charge in [0.25, 0.3) is 0 Å². The number of thioether (sulfide) groups is 1. The van der Waals surface area contributed by atoms with Gasteiger partial charge in [-0.05, 0) is 12.1 Å². The quantitative estimate of drug-likeness (QED) is 0.851. The maximum atomic E-state index is 12.0. The minimum atomic E-state index is -0.963. The van der Waals surface area contributed by atoms with Crippen LogP contribution in [0, 0.1) is 0 Å². The Morgan fingerprint density at radius 3 is 2.79 bits per heavy atom. The summed E-state index contributed by atoms with van der Waals surface area (Å²) in [6, 6.07) is 7.01. The molecule has 19 heavy (non-hydrogen) atoms. The van der Waals surface area contributed by atoms with E-state index >= 15 is 0 Å². The predicted molar refractivity (Wildman–Crippen MR) is 72.4 cm³/mol. The Bertz CT molecular complexity index is 532. The zero-order valence-electron chi connectivity index (χ0n) is 9.96. The molecule has 6 nitrogen and oxygen atoms in total. The Morgan fingerprint density at radius 2 is 2.05 bits per heavy atom. The number of rotatable bonds is 4.